The molecule has 1 heterocycles. The zero-order valence-corrected chi connectivity index (χ0v) is 14.4. The number of anilines is 1. The maximum absolute atomic E-state index is 12.3. The van der Waals surface area contributed by atoms with Crippen molar-refractivity contribution in [3.05, 3.63) is 51.6 Å². The number of thiophene rings is 1. The molecule has 1 N–H and O–H groups in total. The Balaban J connectivity index is 2.24. The summed E-state index contributed by atoms with van der Waals surface area (Å²) in [7, 11) is 0. The van der Waals surface area contributed by atoms with Crippen molar-refractivity contribution in [1.29, 1.82) is 0 Å². The predicted molar refractivity (Wildman–Crippen MR) is 92.5 cm³/mol. The Kier molecular flexibility index (Phi) is 6.07. The number of nitro groups is 1. The number of nitrogens with one attached hydrogen (secondary N) is 1. The third-order valence-corrected chi connectivity index (χ3v) is 4.05. The van der Waals surface area contributed by atoms with E-state index in [4.69, 9.17) is 9.47 Å². The van der Waals surface area contributed by atoms with Crippen molar-refractivity contribution in [1.82, 2.24) is 0 Å². The number of ether oxygens (including phenoxy) is 2. The van der Waals surface area contributed by atoms with Crippen molar-refractivity contribution in [3.8, 4) is 5.75 Å². The first-order valence-corrected chi connectivity index (χ1v) is 8.27. The molecule has 0 saturated heterocycles. The van der Waals surface area contributed by atoms with Crippen molar-refractivity contribution in [2.45, 2.75) is 13.8 Å². The Morgan fingerprint density at radius 1 is 1.20 bits per heavy atom. The van der Waals surface area contributed by atoms with Crippen molar-refractivity contribution in [3.63, 3.8) is 0 Å². The number of nitrogens with zero attached hydrogens (tertiary/aromatic N) is 1. The molecular formula is C16H16N2O6S. The first-order valence-electron chi connectivity index (χ1n) is 7.45. The Morgan fingerprint density at radius 2 is 1.88 bits per heavy atom. The fraction of sp³-hybridized carbons (Fsp3) is 0.250. The standard InChI is InChI=1S/C16H16N2O6S/c1-3-23-11-7-5-10(6-8-11)14(19)17-15-12(16(20)24-4-2)9-13(25-15)18(21)22/h5-9H,3-4H2,1-2H3,(H,17,19). The molecule has 0 unspecified atom stereocenters. The second-order valence-corrected chi connectivity index (χ2v) is 5.75. The van der Waals surface area contributed by atoms with Gasteiger partial charge in [0, 0.05) is 11.6 Å². The maximum Gasteiger partial charge on any atom is 0.341 e. The number of carbonyl (C=O) groups excluding carboxylic acids is 2. The average molecular weight is 364 g/mol. The molecule has 132 valence electrons. The van der Waals surface area contributed by atoms with Crippen LogP contribution >= 0.6 is 11.3 Å². The third kappa shape index (κ3) is 4.54. The minimum absolute atomic E-state index is 0.0437. The summed E-state index contributed by atoms with van der Waals surface area (Å²) in [4.78, 5) is 34.6. The van der Waals surface area contributed by atoms with Crippen molar-refractivity contribution >= 4 is 33.2 Å². The number of benzene rings is 1. The Hall–Kier alpha value is -2.94. The van der Waals surface area contributed by atoms with Crippen LogP contribution in [0.4, 0.5) is 10.0 Å². The summed E-state index contributed by atoms with van der Waals surface area (Å²) in [5.41, 5.74) is 0.284. The predicted octanol–water partition coefficient (Wildman–Crippen LogP) is 3.48. The van der Waals surface area contributed by atoms with E-state index in [9.17, 15) is 19.7 Å². The van der Waals surface area contributed by atoms with Crippen LogP contribution in [0.2, 0.25) is 0 Å². The van der Waals surface area contributed by atoms with Gasteiger partial charge in [-0.15, -0.1) is 0 Å². The first kappa shape index (κ1) is 18.4. The summed E-state index contributed by atoms with van der Waals surface area (Å²) >= 11 is 0.700. The van der Waals surface area contributed by atoms with Crippen LogP contribution in [0.1, 0.15) is 34.6 Å². The number of amides is 1. The molecule has 1 aromatic heterocycles. The number of esters is 1. The Bertz CT molecular complexity index is 784. The average Bonchev–Trinajstić information content (AvgIpc) is 3.00. The molecule has 8 nitrogen and oxygen atoms in total. The van der Waals surface area contributed by atoms with Crippen molar-refractivity contribution < 1.29 is 24.0 Å². The highest BCUT2D eigenvalue weighted by Crippen LogP contribution is 2.34. The Morgan fingerprint density at radius 3 is 2.44 bits per heavy atom. The van der Waals surface area contributed by atoms with Crippen LogP contribution in [0.5, 0.6) is 5.75 Å². The summed E-state index contributed by atoms with van der Waals surface area (Å²) in [5.74, 6) is -0.600. The van der Waals surface area contributed by atoms with Gasteiger partial charge in [0.25, 0.3) is 5.91 Å². The minimum atomic E-state index is -0.728. The molecule has 0 saturated carbocycles. The van der Waals surface area contributed by atoms with Crippen LogP contribution in [0.3, 0.4) is 0 Å². The van der Waals surface area contributed by atoms with Crippen LogP contribution < -0.4 is 10.1 Å². The lowest BCUT2D eigenvalue weighted by atomic mass is 10.2. The molecule has 25 heavy (non-hydrogen) atoms. The van der Waals surface area contributed by atoms with Gasteiger partial charge in [-0.05, 0) is 49.4 Å². The van der Waals surface area contributed by atoms with E-state index in [0.717, 1.165) is 6.07 Å². The molecule has 9 heteroatoms. The van der Waals surface area contributed by atoms with E-state index in [1.807, 2.05) is 6.92 Å². The highest BCUT2D eigenvalue weighted by atomic mass is 32.1. The van der Waals surface area contributed by atoms with Gasteiger partial charge in [0.05, 0.1) is 18.1 Å². The molecule has 0 bridgehead atoms. The molecule has 0 aliphatic rings. The quantitative estimate of drug-likeness (QED) is 0.458. The molecule has 1 amide bonds. The number of rotatable bonds is 7. The molecule has 0 spiro atoms. The van der Waals surface area contributed by atoms with E-state index in [2.05, 4.69) is 5.32 Å². The highest BCUT2D eigenvalue weighted by molar-refractivity contribution is 7.19. The van der Waals surface area contributed by atoms with Gasteiger partial charge in [0.2, 0.25) is 0 Å². The van der Waals surface area contributed by atoms with E-state index < -0.39 is 16.8 Å². The van der Waals surface area contributed by atoms with Gasteiger partial charge in [-0.2, -0.15) is 0 Å². The first-order chi connectivity index (χ1) is 12.0. The van der Waals surface area contributed by atoms with Gasteiger partial charge in [0.1, 0.15) is 16.3 Å². The third-order valence-electron chi connectivity index (χ3n) is 3.05. The molecular weight excluding hydrogens is 348 g/mol. The largest absolute Gasteiger partial charge is 0.494 e. The monoisotopic (exact) mass is 364 g/mol. The van der Waals surface area contributed by atoms with Gasteiger partial charge in [0.15, 0.2) is 0 Å². The van der Waals surface area contributed by atoms with Gasteiger partial charge < -0.3 is 14.8 Å². The van der Waals surface area contributed by atoms with Gasteiger partial charge in [-0.25, -0.2) is 4.79 Å². The summed E-state index contributed by atoms with van der Waals surface area (Å²) in [6.07, 6.45) is 0. The van der Waals surface area contributed by atoms with Crippen LogP contribution in [0.15, 0.2) is 30.3 Å². The summed E-state index contributed by atoms with van der Waals surface area (Å²) in [6, 6.07) is 7.50. The van der Waals surface area contributed by atoms with E-state index in [1.54, 1.807) is 31.2 Å². The van der Waals surface area contributed by atoms with Gasteiger partial charge in [-0.1, -0.05) is 0 Å². The number of carbonyl (C=O) groups is 2. The smallest absolute Gasteiger partial charge is 0.341 e. The molecule has 2 rings (SSSR count). The van der Waals surface area contributed by atoms with Crippen molar-refractivity contribution in [2.24, 2.45) is 0 Å². The van der Waals surface area contributed by atoms with Crippen LogP contribution in [0.25, 0.3) is 0 Å². The molecule has 0 radical (unpaired) electrons. The molecule has 0 fully saturated rings. The lowest BCUT2D eigenvalue weighted by molar-refractivity contribution is -0.380. The van der Waals surface area contributed by atoms with Crippen molar-refractivity contribution in [2.75, 3.05) is 18.5 Å². The zero-order chi connectivity index (χ0) is 18.4. The van der Waals surface area contributed by atoms with Crippen LogP contribution in [0, 0.1) is 10.1 Å². The lowest BCUT2D eigenvalue weighted by Crippen LogP contribution is -2.14. The normalized spacial score (nSPS) is 10.2. The molecule has 0 aliphatic carbocycles. The summed E-state index contributed by atoms with van der Waals surface area (Å²) in [6.45, 7) is 4.10. The van der Waals surface area contributed by atoms with Gasteiger partial charge in [-0.3, -0.25) is 14.9 Å². The Labute approximate surface area is 147 Å². The molecule has 2 aromatic rings. The van der Waals surface area contributed by atoms with E-state index in [-0.39, 0.29) is 22.2 Å². The highest BCUT2D eigenvalue weighted by Gasteiger charge is 2.24. The van der Waals surface area contributed by atoms with Crippen LogP contribution in [-0.2, 0) is 4.74 Å². The van der Waals surface area contributed by atoms with Crippen LogP contribution in [-0.4, -0.2) is 30.0 Å². The fourth-order valence-corrected chi connectivity index (χ4v) is 2.82. The number of hydrogen-bond acceptors (Lipinski definition) is 7. The zero-order valence-electron chi connectivity index (χ0n) is 13.6. The second-order valence-electron chi connectivity index (χ2n) is 4.72. The van der Waals surface area contributed by atoms with E-state index >= 15 is 0 Å². The SMILES string of the molecule is CCOC(=O)c1cc([N+](=O)[O-])sc1NC(=O)c1ccc(OCC)cc1. The minimum Gasteiger partial charge on any atom is -0.494 e. The molecule has 0 aliphatic heterocycles. The van der Waals surface area contributed by atoms with E-state index in [1.165, 1.54) is 0 Å². The van der Waals surface area contributed by atoms with Gasteiger partial charge >= 0.3 is 11.0 Å². The molecule has 1 aromatic carbocycles. The maximum atomic E-state index is 12.3. The second kappa shape index (κ2) is 8.25. The number of hydrogen-bond donors (Lipinski definition) is 1. The fourth-order valence-electron chi connectivity index (χ4n) is 1.97. The molecule has 0 atom stereocenters. The lowest BCUT2D eigenvalue weighted by Gasteiger charge is -2.07. The summed E-state index contributed by atoms with van der Waals surface area (Å²) < 4.78 is 10.2. The topological polar surface area (TPSA) is 108 Å². The summed E-state index contributed by atoms with van der Waals surface area (Å²) in [5, 5.41) is 13.3. The van der Waals surface area contributed by atoms with E-state index in [0.29, 0.717) is 29.3 Å².